The average Bonchev–Trinajstić information content (AvgIpc) is 2.71. The van der Waals surface area contributed by atoms with Crippen molar-refractivity contribution in [1.29, 1.82) is 0 Å². The molecule has 1 aromatic carbocycles. The zero-order valence-corrected chi connectivity index (χ0v) is 9.99. The molecule has 0 N–H and O–H groups in total. The normalized spacial score (nSPS) is 10.1. The summed E-state index contributed by atoms with van der Waals surface area (Å²) < 4.78 is 7.11. The Labute approximate surface area is 99.7 Å². The number of hydrogen-bond donors (Lipinski definition) is 0. The van der Waals surface area contributed by atoms with Crippen molar-refractivity contribution < 1.29 is 4.74 Å². The zero-order valence-electron chi connectivity index (χ0n) is 9.18. The summed E-state index contributed by atoms with van der Waals surface area (Å²) in [4.78, 5) is 4.32. The monoisotopic (exact) mass is 232 g/mol. The van der Waals surface area contributed by atoms with Crippen molar-refractivity contribution in [3.8, 4) is 11.4 Å². The highest BCUT2D eigenvalue weighted by molar-refractivity contribution is 7.79. The molecule has 1 aromatic heterocycles. The van der Waals surface area contributed by atoms with Gasteiger partial charge in [0.05, 0.1) is 12.8 Å². The van der Waals surface area contributed by atoms with Crippen LogP contribution in [0, 0.1) is 6.92 Å². The van der Waals surface area contributed by atoms with Gasteiger partial charge in [-0.05, 0) is 31.2 Å². The van der Waals surface area contributed by atoms with Crippen LogP contribution in [-0.2, 0) is 0 Å². The second-order valence-corrected chi connectivity index (χ2v) is 3.63. The van der Waals surface area contributed by atoms with Gasteiger partial charge in [0.2, 0.25) is 0 Å². The zero-order chi connectivity index (χ0) is 11.5. The summed E-state index contributed by atoms with van der Waals surface area (Å²) >= 11 is 4.86. The third-order valence-corrected chi connectivity index (χ3v) is 2.61. The van der Waals surface area contributed by atoms with Crippen molar-refractivity contribution in [2.24, 2.45) is 0 Å². The molecule has 0 aliphatic heterocycles. The second kappa shape index (κ2) is 4.45. The molecule has 2 aromatic rings. The lowest BCUT2D eigenvalue weighted by atomic mass is 10.3. The summed E-state index contributed by atoms with van der Waals surface area (Å²) in [6.07, 6.45) is 1.92. The van der Waals surface area contributed by atoms with Gasteiger partial charge in [0.25, 0.3) is 0 Å². The topological polar surface area (TPSA) is 27.1 Å². The Morgan fingerprint density at radius 3 is 2.50 bits per heavy atom. The van der Waals surface area contributed by atoms with Gasteiger partial charge in [-0.2, -0.15) is 0 Å². The van der Waals surface area contributed by atoms with Crippen LogP contribution in [0.3, 0.4) is 0 Å². The number of benzene rings is 1. The maximum atomic E-state index is 5.11. The fourth-order valence-electron chi connectivity index (χ4n) is 1.56. The summed E-state index contributed by atoms with van der Waals surface area (Å²) in [5.41, 5.74) is 1.86. The van der Waals surface area contributed by atoms with Gasteiger partial charge in [0.15, 0.2) is 0 Å². The summed E-state index contributed by atoms with van der Waals surface area (Å²) in [6, 6.07) is 7.82. The highest BCUT2D eigenvalue weighted by Crippen LogP contribution is 2.16. The number of rotatable bonds is 3. The lowest BCUT2D eigenvalue weighted by molar-refractivity contribution is 0.414. The molecular formula is C12H12N2OS. The minimum atomic E-state index is 0.809. The summed E-state index contributed by atoms with van der Waals surface area (Å²) in [7, 11) is 1.65. The smallest absolute Gasteiger partial charge is 0.119 e. The summed E-state index contributed by atoms with van der Waals surface area (Å²) in [5, 5.41) is 1.58. The van der Waals surface area contributed by atoms with E-state index in [2.05, 4.69) is 4.98 Å². The SMILES string of the molecule is COc1ccc(-n2cc(C=S)nc2C)cc1. The predicted molar refractivity (Wildman–Crippen MR) is 67.6 cm³/mol. The molecule has 0 radical (unpaired) electrons. The quantitative estimate of drug-likeness (QED) is 0.761. The Morgan fingerprint density at radius 2 is 2.00 bits per heavy atom. The molecule has 0 amide bonds. The van der Waals surface area contributed by atoms with E-state index in [1.807, 2.05) is 42.0 Å². The van der Waals surface area contributed by atoms with Crippen molar-refractivity contribution in [3.63, 3.8) is 0 Å². The first-order valence-electron chi connectivity index (χ1n) is 4.90. The van der Waals surface area contributed by atoms with Gasteiger partial charge in [0, 0.05) is 17.3 Å². The van der Waals surface area contributed by atoms with Crippen molar-refractivity contribution >= 4 is 17.6 Å². The van der Waals surface area contributed by atoms with E-state index >= 15 is 0 Å². The summed E-state index contributed by atoms with van der Waals surface area (Å²) in [6.45, 7) is 1.95. The number of aromatic nitrogens is 2. The van der Waals surface area contributed by atoms with Gasteiger partial charge in [0.1, 0.15) is 11.6 Å². The van der Waals surface area contributed by atoms with Crippen LogP contribution in [0.1, 0.15) is 11.5 Å². The number of aryl methyl sites for hydroxylation is 1. The van der Waals surface area contributed by atoms with Crippen molar-refractivity contribution in [2.45, 2.75) is 6.92 Å². The number of imidazole rings is 1. The van der Waals surface area contributed by atoms with Crippen LogP contribution in [0.4, 0.5) is 0 Å². The third kappa shape index (κ3) is 1.97. The molecule has 0 aliphatic rings. The van der Waals surface area contributed by atoms with E-state index in [-0.39, 0.29) is 0 Å². The minimum Gasteiger partial charge on any atom is -0.497 e. The van der Waals surface area contributed by atoms with Gasteiger partial charge in [-0.15, -0.1) is 0 Å². The molecule has 3 nitrogen and oxygen atoms in total. The number of nitrogens with zero attached hydrogens (tertiary/aromatic N) is 2. The molecule has 4 heteroatoms. The lowest BCUT2D eigenvalue weighted by Crippen LogP contribution is -1.95. The highest BCUT2D eigenvalue weighted by Gasteiger charge is 2.04. The first-order chi connectivity index (χ1) is 7.74. The van der Waals surface area contributed by atoms with Crippen molar-refractivity contribution in [2.75, 3.05) is 7.11 Å². The van der Waals surface area contributed by atoms with Crippen molar-refractivity contribution in [3.05, 3.63) is 42.0 Å². The largest absolute Gasteiger partial charge is 0.497 e. The molecule has 0 saturated heterocycles. The Hall–Kier alpha value is -1.68. The van der Waals surface area contributed by atoms with E-state index in [0.29, 0.717) is 0 Å². The van der Waals surface area contributed by atoms with Gasteiger partial charge >= 0.3 is 0 Å². The average molecular weight is 232 g/mol. The molecule has 2 rings (SSSR count). The Morgan fingerprint density at radius 1 is 1.31 bits per heavy atom. The fraction of sp³-hybridized carbons (Fsp3) is 0.167. The standard InChI is InChI=1S/C12H12N2OS/c1-9-13-10(8-16)7-14(9)11-3-5-12(15-2)6-4-11/h3-8H,1-2H3. The Kier molecular flexibility index (Phi) is 3.01. The second-order valence-electron chi connectivity index (χ2n) is 3.40. The van der Waals surface area contributed by atoms with Crippen LogP contribution in [0.2, 0.25) is 0 Å². The third-order valence-electron chi connectivity index (χ3n) is 2.37. The fourth-order valence-corrected chi connectivity index (χ4v) is 1.67. The Bertz CT molecular complexity index is 502. The molecule has 0 atom stereocenters. The maximum Gasteiger partial charge on any atom is 0.119 e. The van der Waals surface area contributed by atoms with E-state index in [9.17, 15) is 0 Å². The van der Waals surface area contributed by atoms with Gasteiger partial charge < -0.3 is 9.30 Å². The number of ether oxygens (including phenoxy) is 1. The first-order valence-corrected chi connectivity index (χ1v) is 5.37. The van der Waals surface area contributed by atoms with Gasteiger partial charge in [-0.25, -0.2) is 4.98 Å². The van der Waals surface area contributed by atoms with Crippen molar-refractivity contribution in [1.82, 2.24) is 9.55 Å². The number of hydrogen-bond acceptors (Lipinski definition) is 3. The van der Waals surface area contributed by atoms with Crippen LogP contribution in [0.15, 0.2) is 30.5 Å². The highest BCUT2D eigenvalue weighted by atomic mass is 32.1. The van der Waals surface area contributed by atoms with E-state index in [0.717, 1.165) is 23.0 Å². The molecule has 0 saturated carbocycles. The molecular weight excluding hydrogens is 220 g/mol. The maximum absolute atomic E-state index is 5.11. The van der Waals surface area contributed by atoms with E-state index in [1.54, 1.807) is 12.5 Å². The van der Waals surface area contributed by atoms with Crippen LogP contribution in [0.5, 0.6) is 5.75 Å². The predicted octanol–water partition coefficient (Wildman–Crippen LogP) is 2.54. The van der Waals surface area contributed by atoms with Crippen LogP contribution in [0.25, 0.3) is 5.69 Å². The van der Waals surface area contributed by atoms with E-state index in [1.165, 1.54) is 0 Å². The molecule has 0 fully saturated rings. The Balaban J connectivity index is 2.41. The molecule has 0 bridgehead atoms. The van der Waals surface area contributed by atoms with E-state index in [4.69, 9.17) is 17.0 Å². The van der Waals surface area contributed by atoms with Crippen LogP contribution in [-0.4, -0.2) is 22.0 Å². The van der Waals surface area contributed by atoms with Crippen LogP contribution < -0.4 is 4.74 Å². The molecule has 1 heterocycles. The van der Waals surface area contributed by atoms with Gasteiger partial charge in [-0.3, -0.25) is 0 Å². The number of methoxy groups -OCH3 is 1. The van der Waals surface area contributed by atoms with E-state index < -0.39 is 0 Å². The first kappa shape index (κ1) is 10.8. The minimum absolute atomic E-state index is 0.809. The molecule has 82 valence electrons. The molecule has 16 heavy (non-hydrogen) atoms. The summed E-state index contributed by atoms with van der Waals surface area (Å²) in [5.74, 6) is 1.76. The number of thiocarbonyl (C=S) groups is 1. The lowest BCUT2D eigenvalue weighted by Gasteiger charge is -2.05. The molecule has 0 aliphatic carbocycles. The molecule has 0 spiro atoms. The molecule has 0 unspecified atom stereocenters. The van der Waals surface area contributed by atoms with Gasteiger partial charge in [-0.1, -0.05) is 12.2 Å². The van der Waals surface area contributed by atoms with Crippen LogP contribution >= 0.6 is 12.2 Å².